The molecule has 0 amide bonds. The van der Waals surface area contributed by atoms with Crippen LogP contribution in [-0.2, 0) is 0 Å². The van der Waals surface area contributed by atoms with Crippen molar-refractivity contribution in [3.8, 4) is 5.75 Å². The first-order valence-corrected chi connectivity index (χ1v) is 5.92. The number of ketones is 1. The molecule has 5 heteroatoms. The number of fused-ring (bicyclic) bond motifs is 1. The molecule has 0 unspecified atom stereocenters. The molecule has 2 rings (SSSR count). The van der Waals surface area contributed by atoms with Crippen LogP contribution < -0.4 is 4.74 Å². The minimum Gasteiger partial charge on any atom is -0.496 e. The van der Waals surface area contributed by atoms with Gasteiger partial charge in [0.15, 0.2) is 0 Å². The Balaban J connectivity index is 2.67. The van der Waals surface area contributed by atoms with Crippen molar-refractivity contribution in [1.82, 2.24) is 0 Å². The Labute approximate surface area is 111 Å². The number of benzene rings is 2. The van der Waals surface area contributed by atoms with Gasteiger partial charge in [0.2, 0.25) is 5.78 Å². The average Bonchev–Trinajstić information content (AvgIpc) is 2.36. The number of methoxy groups -OCH3 is 1. The first-order valence-electron chi connectivity index (χ1n) is 5.12. The normalized spacial score (nSPS) is 10.9. The summed E-state index contributed by atoms with van der Waals surface area (Å²) < 4.78 is 30.8. The number of alkyl halides is 2. The van der Waals surface area contributed by atoms with Gasteiger partial charge in [-0.05, 0) is 35.0 Å². The SMILES string of the molecule is COc1cc2ccc(Br)cc2cc1C(=O)C(F)F. The van der Waals surface area contributed by atoms with Gasteiger partial charge in [0.25, 0.3) is 0 Å². The second-order valence-corrected chi connectivity index (χ2v) is 4.62. The highest BCUT2D eigenvalue weighted by atomic mass is 79.9. The van der Waals surface area contributed by atoms with Crippen LogP contribution in [-0.4, -0.2) is 19.3 Å². The van der Waals surface area contributed by atoms with Crippen molar-refractivity contribution in [2.75, 3.05) is 7.11 Å². The Kier molecular flexibility index (Phi) is 3.61. The number of halogens is 3. The highest BCUT2D eigenvalue weighted by Gasteiger charge is 2.22. The number of carbonyl (C=O) groups excluding carboxylic acids is 1. The Morgan fingerprint density at radius 3 is 2.56 bits per heavy atom. The predicted molar refractivity (Wildman–Crippen MR) is 68.5 cm³/mol. The standard InChI is InChI=1S/C13H9BrF2O2/c1-18-11-6-7-2-3-9(14)4-8(7)5-10(11)12(17)13(15)16/h2-6,13H,1H3. The predicted octanol–water partition coefficient (Wildman–Crippen LogP) is 4.06. The van der Waals surface area contributed by atoms with E-state index in [1.54, 1.807) is 12.1 Å². The average molecular weight is 315 g/mol. The number of ether oxygens (including phenoxy) is 1. The number of hydrogen-bond donors (Lipinski definition) is 0. The van der Waals surface area contributed by atoms with Gasteiger partial charge in [-0.15, -0.1) is 0 Å². The zero-order chi connectivity index (χ0) is 13.3. The van der Waals surface area contributed by atoms with E-state index in [9.17, 15) is 13.6 Å². The van der Waals surface area contributed by atoms with Crippen LogP contribution >= 0.6 is 15.9 Å². The van der Waals surface area contributed by atoms with Crippen molar-refractivity contribution >= 4 is 32.5 Å². The summed E-state index contributed by atoms with van der Waals surface area (Å²) in [4.78, 5) is 11.4. The summed E-state index contributed by atoms with van der Waals surface area (Å²) in [6.45, 7) is 0. The van der Waals surface area contributed by atoms with E-state index in [1.165, 1.54) is 13.2 Å². The van der Waals surface area contributed by atoms with E-state index in [0.29, 0.717) is 5.39 Å². The van der Waals surface area contributed by atoms with Gasteiger partial charge in [0.1, 0.15) is 5.75 Å². The van der Waals surface area contributed by atoms with E-state index in [0.717, 1.165) is 9.86 Å². The third kappa shape index (κ3) is 2.36. The molecular formula is C13H9BrF2O2. The summed E-state index contributed by atoms with van der Waals surface area (Å²) in [7, 11) is 1.35. The van der Waals surface area contributed by atoms with Gasteiger partial charge >= 0.3 is 6.43 Å². The van der Waals surface area contributed by atoms with Gasteiger partial charge in [0, 0.05) is 4.47 Å². The molecule has 2 aromatic carbocycles. The molecule has 0 saturated carbocycles. The quantitative estimate of drug-likeness (QED) is 0.799. The largest absolute Gasteiger partial charge is 0.496 e. The molecule has 0 fully saturated rings. The first-order chi connectivity index (χ1) is 8.52. The van der Waals surface area contributed by atoms with Crippen LogP contribution in [0.15, 0.2) is 34.8 Å². The second kappa shape index (κ2) is 5.02. The van der Waals surface area contributed by atoms with Crippen LogP contribution in [0.5, 0.6) is 5.75 Å². The van der Waals surface area contributed by atoms with Gasteiger partial charge in [0.05, 0.1) is 12.7 Å². The molecule has 94 valence electrons. The van der Waals surface area contributed by atoms with Crippen LogP contribution in [0.4, 0.5) is 8.78 Å². The van der Waals surface area contributed by atoms with Crippen LogP contribution in [0.2, 0.25) is 0 Å². The minimum absolute atomic E-state index is 0.0990. The molecular weight excluding hydrogens is 306 g/mol. The molecule has 0 aliphatic heterocycles. The maximum Gasteiger partial charge on any atom is 0.300 e. The molecule has 2 aromatic rings. The van der Waals surface area contributed by atoms with Crippen molar-refractivity contribution in [1.29, 1.82) is 0 Å². The van der Waals surface area contributed by atoms with Crippen molar-refractivity contribution in [2.24, 2.45) is 0 Å². The molecule has 0 spiro atoms. The number of rotatable bonds is 3. The molecule has 0 radical (unpaired) electrons. The molecule has 0 aliphatic rings. The van der Waals surface area contributed by atoms with Crippen molar-refractivity contribution < 1.29 is 18.3 Å². The Morgan fingerprint density at radius 2 is 1.94 bits per heavy atom. The molecule has 0 heterocycles. The molecule has 0 N–H and O–H groups in total. The van der Waals surface area contributed by atoms with Gasteiger partial charge in [-0.3, -0.25) is 4.79 Å². The summed E-state index contributed by atoms with van der Waals surface area (Å²) in [5, 5.41) is 1.52. The van der Waals surface area contributed by atoms with Gasteiger partial charge in [-0.2, -0.15) is 0 Å². The number of Topliss-reactive ketones (excluding diaryl/α,β-unsaturated/α-hetero) is 1. The number of hydrogen-bond acceptors (Lipinski definition) is 2. The molecule has 0 bridgehead atoms. The highest BCUT2D eigenvalue weighted by molar-refractivity contribution is 9.10. The first kappa shape index (κ1) is 13.0. The maximum atomic E-state index is 12.5. The van der Waals surface area contributed by atoms with E-state index in [2.05, 4.69) is 15.9 Å². The Bertz CT molecular complexity index is 611. The lowest BCUT2D eigenvalue weighted by Crippen LogP contribution is -2.11. The van der Waals surface area contributed by atoms with Gasteiger partial charge < -0.3 is 4.74 Å². The monoisotopic (exact) mass is 314 g/mol. The molecule has 0 atom stereocenters. The summed E-state index contributed by atoms with van der Waals surface area (Å²) >= 11 is 3.29. The lowest BCUT2D eigenvalue weighted by molar-refractivity contribution is 0.0675. The lowest BCUT2D eigenvalue weighted by Gasteiger charge is -2.09. The Hall–Kier alpha value is -1.49. The van der Waals surface area contributed by atoms with Crippen LogP contribution in [0, 0.1) is 0 Å². The third-order valence-corrected chi connectivity index (χ3v) is 3.08. The molecule has 18 heavy (non-hydrogen) atoms. The zero-order valence-electron chi connectivity index (χ0n) is 9.41. The van der Waals surface area contributed by atoms with Crippen molar-refractivity contribution in [3.63, 3.8) is 0 Å². The third-order valence-electron chi connectivity index (χ3n) is 2.58. The Morgan fingerprint density at radius 1 is 1.22 bits per heavy atom. The van der Waals surface area contributed by atoms with E-state index >= 15 is 0 Å². The van der Waals surface area contributed by atoms with Crippen molar-refractivity contribution in [3.05, 3.63) is 40.4 Å². The smallest absolute Gasteiger partial charge is 0.300 e. The van der Waals surface area contributed by atoms with E-state index in [1.807, 2.05) is 12.1 Å². The summed E-state index contributed by atoms with van der Waals surface area (Å²) in [5.74, 6) is -1.07. The maximum absolute atomic E-state index is 12.5. The molecule has 0 aliphatic carbocycles. The summed E-state index contributed by atoms with van der Waals surface area (Å²) in [6.07, 6.45) is -3.04. The second-order valence-electron chi connectivity index (χ2n) is 3.71. The van der Waals surface area contributed by atoms with Crippen LogP contribution in [0.1, 0.15) is 10.4 Å². The van der Waals surface area contributed by atoms with Gasteiger partial charge in [-0.25, -0.2) is 8.78 Å². The fourth-order valence-corrected chi connectivity index (χ4v) is 2.11. The summed E-state index contributed by atoms with van der Waals surface area (Å²) in [6, 6.07) is 8.41. The lowest BCUT2D eigenvalue weighted by atomic mass is 10.0. The minimum atomic E-state index is -3.04. The summed E-state index contributed by atoms with van der Waals surface area (Å²) in [5.41, 5.74) is -0.0990. The van der Waals surface area contributed by atoms with E-state index < -0.39 is 12.2 Å². The van der Waals surface area contributed by atoms with Crippen LogP contribution in [0.3, 0.4) is 0 Å². The molecule has 2 nitrogen and oxygen atoms in total. The van der Waals surface area contributed by atoms with Gasteiger partial charge in [-0.1, -0.05) is 22.0 Å². The van der Waals surface area contributed by atoms with E-state index in [4.69, 9.17) is 4.74 Å². The topological polar surface area (TPSA) is 26.3 Å². The van der Waals surface area contributed by atoms with E-state index in [-0.39, 0.29) is 11.3 Å². The fraction of sp³-hybridized carbons (Fsp3) is 0.154. The molecule has 0 saturated heterocycles. The van der Waals surface area contributed by atoms with Crippen LogP contribution in [0.25, 0.3) is 10.8 Å². The highest BCUT2D eigenvalue weighted by Crippen LogP contribution is 2.29. The zero-order valence-corrected chi connectivity index (χ0v) is 11.0. The van der Waals surface area contributed by atoms with Crippen molar-refractivity contribution in [2.45, 2.75) is 6.43 Å². The fourth-order valence-electron chi connectivity index (χ4n) is 1.73. The number of carbonyl (C=O) groups is 1. The molecule has 0 aromatic heterocycles.